The molecule has 25 heavy (non-hydrogen) atoms. The molecule has 0 fully saturated rings. The molecule has 5 heteroatoms. The number of rotatable bonds is 6. The van der Waals surface area contributed by atoms with Crippen LogP contribution in [0.15, 0.2) is 48.5 Å². The summed E-state index contributed by atoms with van der Waals surface area (Å²) in [6.07, 6.45) is 0.912. The molecule has 0 heterocycles. The van der Waals surface area contributed by atoms with E-state index in [0.29, 0.717) is 17.3 Å². The molecule has 2 aromatic carbocycles. The molecule has 0 aliphatic rings. The van der Waals surface area contributed by atoms with Crippen LogP contribution in [-0.4, -0.2) is 17.7 Å². The van der Waals surface area contributed by atoms with Gasteiger partial charge >= 0.3 is 5.97 Å². The standard InChI is InChI=1S/C20H24N2O2S/c1-4-18(17-12-7-6-9-14(17)3)22-20(25)21-16-11-8-10-15(13-16)19(23)24-5-2/h6-13,18H,4-5H2,1-3H3,(H2,21,22,25)/t18-/m0/s1. The molecule has 0 saturated carbocycles. The van der Waals surface area contributed by atoms with E-state index < -0.39 is 0 Å². The van der Waals surface area contributed by atoms with Gasteiger partial charge in [-0.1, -0.05) is 37.3 Å². The minimum absolute atomic E-state index is 0.134. The average Bonchev–Trinajstić information content (AvgIpc) is 2.61. The van der Waals surface area contributed by atoms with Gasteiger partial charge in [-0.3, -0.25) is 0 Å². The molecule has 0 aromatic heterocycles. The van der Waals surface area contributed by atoms with Gasteiger partial charge in [0.2, 0.25) is 0 Å². The van der Waals surface area contributed by atoms with Crippen LogP contribution in [0.25, 0.3) is 0 Å². The van der Waals surface area contributed by atoms with Gasteiger partial charge in [0.05, 0.1) is 18.2 Å². The van der Waals surface area contributed by atoms with Crippen LogP contribution in [0, 0.1) is 6.92 Å². The van der Waals surface area contributed by atoms with Crippen LogP contribution in [0.1, 0.15) is 47.8 Å². The fraction of sp³-hybridized carbons (Fsp3) is 0.300. The van der Waals surface area contributed by atoms with Crippen molar-refractivity contribution in [3.63, 3.8) is 0 Å². The van der Waals surface area contributed by atoms with Gasteiger partial charge in [0.1, 0.15) is 0 Å². The monoisotopic (exact) mass is 356 g/mol. The number of carbonyl (C=O) groups excluding carboxylic acids is 1. The third kappa shape index (κ3) is 5.29. The zero-order valence-corrected chi connectivity index (χ0v) is 15.7. The average molecular weight is 356 g/mol. The van der Waals surface area contributed by atoms with Crippen LogP contribution < -0.4 is 10.6 Å². The number of aryl methyl sites for hydroxylation is 1. The van der Waals surface area contributed by atoms with E-state index in [-0.39, 0.29) is 12.0 Å². The van der Waals surface area contributed by atoms with E-state index in [1.54, 1.807) is 25.1 Å². The van der Waals surface area contributed by atoms with Crippen LogP contribution >= 0.6 is 12.2 Å². The summed E-state index contributed by atoms with van der Waals surface area (Å²) in [4.78, 5) is 11.8. The fourth-order valence-electron chi connectivity index (χ4n) is 2.64. The number of esters is 1. The molecular weight excluding hydrogens is 332 g/mol. The van der Waals surface area contributed by atoms with Crippen molar-refractivity contribution < 1.29 is 9.53 Å². The number of anilines is 1. The van der Waals surface area contributed by atoms with Gasteiger partial charge in [-0.15, -0.1) is 0 Å². The number of hydrogen-bond donors (Lipinski definition) is 2. The zero-order chi connectivity index (χ0) is 18.2. The molecule has 0 saturated heterocycles. The Morgan fingerprint density at radius 3 is 2.60 bits per heavy atom. The molecule has 0 radical (unpaired) electrons. The molecule has 0 amide bonds. The Bertz CT molecular complexity index is 746. The highest BCUT2D eigenvalue weighted by molar-refractivity contribution is 7.80. The highest BCUT2D eigenvalue weighted by atomic mass is 32.1. The summed E-state index contributed by atoms with van der Waals surface area (Å²) in [5.41, 5.74) is 3.71. The SMILES string of the molecule is CCOC(=O)c1cccc(NC(=S)N[C@@H](CC)c2ccccc2C)c1. The predicted octanol–water partition coefficient (Wildman–Crippen LogP) is 4.61. The second-order valence-electron chi connectivity index (χ2n) is 5.72. The minimum atomic E-state index is -0.337. The van der Waals surface area contributed by atoms with E-state index in [9.17, 15) is 4.79 Å². The summed E-state index contributed by atoms with van der Waals surface area (Å²) in [6, 6.07) is 15.5. The Morgan fingerprint density at radius 2 is 1.92 bits per heavy atom. The van der Waals surface area contributed by atoms with Gasteiger partial charge in [0.25, 0.3) is 0 Å². The Morgan fingerprint density at radius 1 is 1.16 bits per heavy atom. The van der Waals surface area contributed by atoms with Gasteiger partial charge in [-0.05, 0) is 61.8 Å². The van der Waals surface area contributed by atoms with Gasteiger partial charge in [-0.25, -0.2) is 4.79 Å². The van der Waals surface area contributed by atoms with Crippen molar-refractivity contribution in [2.45, 2.75) is 33.2 Å². The number of carbonyl (C=O) groups is 1. The number of hydrogen-bond acceptors (Lipinski definition) is 3. The molecule has 1 atom stereocenters. The topological polar surface area (TPSA) is 50.4 Å². The van der Waals surface area contributed by atoms with Crippen LogP contribution in [-0.2, 0) is 4.74 Å². The lowest BCUT2D eigenvalue weighted by molar-refractivity contribution is 0.0526. The molecule has 0 spiro atoms. The Labute approximate surface area is 154 Å². The second kappa shape index (κ2) is 9.18. The first-order valence-electron chi connectivity index (χ1n) is 8.45. The molecule has 2 N–H and O–H groups in total. The second-order valence-corrected chi connectivity index (χ2v) is 6.13. The third-order valence-electron chi connectivity index (χ3n) is 3.91. The lowest BCUT2D eigenvalue weighted by atomic mass is 10.00. The Hall–Kier alpha value is -2.40. The number of ether oxygens (including phenoxy) is 1. The molecule has 4 nitrogen and oxygen atoms in total. The maximum Gasteiger partial charge on any atom is 0.338 e. The minimum Gasteiger partial charge on any atom is -0.462 e. The maximum atomic E-state index is 11.8. The molecule has 0 unspecified atom stereocenters. The molecule has 2 aromatic rings. The smallest absolute Gasteiger partial charge is 0.338 e. The highest BCUT2D eigenvalue weighted by Gasteiger charge is 2.13. The number of nitrogens with one attached hydrogen (secondary N) is 2. The van der Waals surface area contributed by atoms with Crippen LogP contribution in [0.4, 0.5) is 5.69 Å². The van der Waals surface area contributed by atoms with Gasteiger partial charge < -0.3 is 15.4 Å². The van der Waals surface area contributed by atoms with Crippen LogP contribution in [0.5, 0.6) is 0 Å². The van der Waals surface area contributed by atoms with E-state index in [2.05, 4.69) is 36.6 Å². The first-order chi connectivity index (χ1) is 12.0. The first kappa shape index (κ1) is 18.9. The number of thiocarbonyl (C=S) groups is 1. The zero-order valence-electron chi connectivity index (χ0n) is 14.8. The Kier molecular flexibility index (Phi) is 6.95. The van der Waals surface area contributed by atoms with Gasteiger partial charge in [0, 0.05) is 5.69 Å². The van der Waals surface area contributed by atoms with Crippen molar-refractivity contribution in [3.8, 4) is 0 Å². The molecule has 2 rings (SSSR count). The van der Waals surface area contributed by atoms with Crippen molar-refractivity contribution in [2.75, 3.05) is 11.9 Å². The lowest BCUT2D eigenvalue weighted by Gasteiger charge is -2.21. The molecule has 0 aliphatic heterocycles. The molecular formula is C20H24N2O2S. The Balaban J connectivity index is 2.05. The quantitative estimate of drug-likeness (QED) is 0.585. The van der Waals surface area contributed by atoms with Crippen molar-refractivity contribution in [1.29, 1.82) is 0 Å². The first-order valence-corrected chi connectivity index (χ1v) is 8.86. The molecule has 132 valence electrons. The summed E-state index contributed by atoms with van der Waals surface area (Å²) >= 11 is 5.44. The van der Waals surface area contributed by atoms with E-state index in [0.717, 1.165) is 12.1 Å². The van der Waals surface area contributed by atoms with E-state index >= 15 is 0 Å². The van der Waals surface area contributed by atoms with Crippen LogP contribution in [0.3, 0.4) is 0 Å². The van der Waals surface area contributed by atoms with Gasteiger partial charge in [-0.2, -0.15) is 0 Å². The van der Waals surface area contributed by atoms with Crippen molar-refractivity contribution >= 4 is 29.0 Å². The third-order valence-corrected chi connectivity index (χ3v) is 4.13. The summed E-state index contributed by atoms with van der Waals surface area (Å²) in [5, 5.41) is 7.02. The van der Waals surface area contributed by atoms with Gasteiger partial charge in [0.15, 0.2) is 5.11 Å². The van der Waals surface area contributed by atoms with E-state index in [4.69, 9.17) is 17.0 Å². The van der Waals surface area contributed by atoms with Crippen LogP contribution in [0.2, 0.25) is 0 Å². The van der Waals surface area contributed by atoms with E-state index in [1.807, 2.05) is 18.2 Å². The lowest BCUT2D eigenvalue weighted by Crippen LogP contribution is -2.32. The summed E-state index contributed by atoms with van der Waals surface area (Å²) in [5.74, 6) is -0.337. The summed E-state index contributed by atoms with van der Waals surface area (Å²) < 4.78 is 5.03. The molecule has 0 aliphatic carbocycles. The van der Waals surface area contributed by atoms with Crippen molar-refractivity contribution in [1.82, 2.24) is 5.32 Å². The van der Waals surface area contributed by atoms with Crippen molar-refractivity contribution in [2.24, 2.45) is 0 Å². The molecule has 0 bridgehead atoms. The maximum absolute atomic E-state index is 11.8. The van der Waals surface area contributed by atoms with Crippen molar-refractivity contribution in [3.05, 3.63) is 65.2 Å². The summed E-state index contributed by atoms with van der Waals surface area (Å²) in [7, 11) is 0. The number of benzene rings is 2. The normalized spacial score (nSPS) is 11.5. The fourth-order valence-corrected chi connectivity index (χ4v) is 2.90. The largest absolute Gasteiger partial charge is 0.462 e. The predicted molar refractivity (Wildman–Crippen MR) is 106 cm³/mol. The summed E-state index contributed by atoms with van der Waals surface area (Å²) in [6.45, 7) is 6.35. The highest BCUT2D eigenvalue weighted by Crippen LogP contribution is 2.20. The van der Waals surface area contributed by atoms with E-state index in [1.165, 1.54) is 11.1 Å².